The smallest absolute Gasteiger partial charge is 0.252 e. The summed E-state index contributed by atoms with van der Waals surface area (Å²) in [5, 5.41) is 8.21. The zero-order valence-electron chi connectivity index (χ0n) is 6.77. The molecule has 0 aliphatic carbocycles. The molecule has 0 bridgehead atoms. The number of benzene rings is 1. The van der Waals surface area contributed by atoms with Gasteiger partial charge in [0.25, 0.3) is 5.24 Å². The maximum absolute atomic E-state index is 10.8. The number of halogens is 2. The molecule has 0 unspecified atom stereocenters. The molecule has 4 heteroatoms. The van der Waals surface area contributed by atoms with Crippen LogP contribution in [0.1, 0.15) is 21.5 Å². The number of carbonyl (C=O) groups excluding carboxylic acids is 1. The predicted molar refractivity (Wildman–Crippen MR) is 58.8 cm³/mol. The third-order valence-electron chi connectivity index (χ3n) is 1.69. The van der Waals surface area contributed by atoms with Crippen molar-refractivity contribution in [2.75, 3.05) is 0 Å². The molecule has 66 valence electrons. The lowest BCUT2D eigenvalue weighted by molar-refractivity contribution is 0.108. The highest BCUT2D eigenvalue weighted by atomic mass is 127. The fourth-order valence-electron chi connectivity index (χ4n) is 0.908. The zero-order valence-corrected chi connectivity index (χ0v) is 9.68. The van der Waals surface area contributed by atoms with E-state index in [1.165, 1.54) is 6.07 Å². The molecular formula is C9H5ClINO. The summed E-state index contributed by atoms with van der Waals surface area (Å²) >= 11 is 7.38. The Morgan fingerprint density at radius 3 is 2.69 bits per heavy atom. The minimum absolute atomic E-state index is 0.369. The van der Waals surface area contributed by atoms with Gasteiger partial charge in [0.15, 0.2) is 0 Å². The van der Waals surface area contributed by atoms with Gasteiger partial charge in [0.1, 0.15) is 0 Å². The lowest BCUT2D eigenvalue weighted by atomic mass is 10.1. The van der Waals surface area contributed by atoms with Crippen LogP contribution in [-0.2, 0) is 0 Å². The standard InChI is InChI=1S/C9H5ClINO/c1-5-7(4-12)2-6(9(10)13)3-8(5)11/h2-3H,1H3. The van der Waals surface area contributed by atoms with Gasteiger partial charge in [-0.3, -0.25) is 4.79 Å². The van der Waals surface area contributed by atoms with Crippen LogP contribution in [0.3, 0.4) is 0 Å². The average molecular weight is 306 g/mol. The average Bonchev–Trinajstić information content (AvgIpc) is 2.09. The summed E-state index contributed by atoms with van der Waals surface area (Å²) in [6, 6.07) is 5.20. The van der Waals surface area contributed by atoms with Crippen molar-refractivity contribution < 1.29 is 4.79 Å². The van der Waals surface area contributed by atoms with Gasteiger partial charge in [0, 0.05) is 9.13 Å². The molecule has 1 aromatic carbocycles. The first-order valence-electron chi connectivity index (χ1n) is 3.46. The summed E-state index contributed by atoms with van der Waals surface area (Å²) in [6.07, 6.45) is 0. The van der Waals surface area contributed by atoms with Crippen LogP contribution in [0.15, 0.2) is 12.1 Å². The van der Waals surface area contributed by atoms with Crippen molar-refractivity contribution >= 4 is 39.4 Å². The van der Waals surface area contributed by atoms with Crippen molar-refractivity contribution in [1.82, 2.24) is 0 Å². The third kappa shape index (κ3) is 2.20. The lowest BCUT2D eigenvalue weighted by Crippen LogP contribution is -1.95. The Bertz CT molecular complexity index is 409. The molecule has 0 aliphatic heterocycles. The molecule has 0 radical (unpaired) electrons. The molecule has 0 atom stereocenters. The van der Waals surface area contributed by atoms with Gasteiger partial charge >= 0.3 is 0 Å². The van der Waals surface area contributed by atoms with E-state index in [4.69, 9.17) is 16.9 Å². The molecular weight excluding hydrogens is 300 g/mol. The monoisotopic (exact) mass is 305 g/mol. The SMILES string of the molecule is Cc1c(I)cc(C(=O)Cl)cc1C#N. The predicted octanol–water partition coefficient (Wildman–Crippen LogP) is 2.85. The molecule has 0 amide bonds. The van der Waals surface area contributed by atoms with Crippen LogP contribution in [-0.4, -0.2) is 5.24 Å². The van der Waals surface area contributed by atoms with E-state index in [0.29, 0.717) is 11.1 Å². The van der Waals surface area contributed by atoms with Gasteiger partial charge in [0.05, 0.1) is 11.6 Å². The summed E-state index contributed by atoms with van der Waals surface area (Å²) in [7, 11) is 0. The summed E-state index contributed by atoms with van der Waals surface area (Å²) in [5.41, 5.74) is 1.74. The molecule has 13 heavy (non-hydrogen) atoms. The van der Waals surface area contributed by atoms with E-state index in [0.717, 1.165) is 9.13 Å². The van der Waals surface area contributed by atoms with Gasteiger partial charge in [0.2, 0.25) is 0 Å². The second kappa shape index (κ2) is 4.07. The van der Waals surface area contributed by atoms with E-state index in [1.54, 1.807) is 6.07 Å². The van der Waals surface area contributed by atoms with E-state index in [9.17, 15) is 4.79 Å². The van der Waals surface area contributed by atoms with Crippen LogP contribution in [0.4, 0.5) is 0 Å². The normalized spacial score (nSPS) is 9.38. The molecule has 0 saturated carbocycles. The van der Waals surface area contributed by atoms with Crippen molar-refractivity contribution in [3.8, 4) is 6.07 Å². The molecule has 0 spiro atoms. The van der Waals surface area contributed by atoms with Crippen LogP contribution in [0, 0.1) is 21.8 Å². The van der Waals surface area contributed by atoms with E-state index in [-0.39, 0.29) is 0 Å². The van der Waals surface area contributed by atoms with Gasteiger partial charge < -0.3 is 0 Å². The Kier molecular flexibility index (Phi) is 3.28. The van der Waals surface area contributed by atoms with E-state index < -0.39 is 5.24 Å². The molecule has 0 saturated heterocycles. The number of nitriles is 1. The van der Waals surface area contributed by atoms with Crippen molar-refractivity contribution in [2.24, 2.45) is 0 Å². The third-order valence-corrected chi connectivity index (χ3v) is 3.03. The van der Waals surface area contributed by atoms with Crippen molar-refractivity contribution in [3.63, 3.8) is 0 Å². The second-order valence-electron chi connectivity index (χ2n) is 2.52. The molecule has 0 heterocycles. The molecule has 0 aliphatic rings. The summed E-state index contributed by atoms with van der Waals surface area (Å²) in [5.74, 6) is 0. The van der Waals surface area contributed by atoms with E-state index in [1.807, 2.05) is 13.0 Å². The summed E-state index contributed by atoms with van der Waals surface area (Å²) in [6.45, 7) is 1.84. The van der Waals surface area contributed by atoms with E-state index in [2.05, 4.69) is 22.6 Å². The number of hydrogen-bond donors (Lipinski definition) is 0. The van der Waals surface area contributed by atoms with Crippen LogP contribution >= 0.6 is 34.2 Å². The van der Waals surface area contributed by atoms with Crippen molar-refractivity contribution in [2.45, 2.75) is 6.92 Å². The molecule has 0 N–H and O–H groups in total. The first kappa shape index (κ1) is 10.5. The highest BCUT2D eigenvalue weighted by Crippen LogP contribution is 2.19. The molecule has 1 aromatic rings. The van der Waals surface area contributed by atoms with Crippen LogP contribution < -0.4 is 0 Å². The van der Waals surface area contributed by atoms with Gasteiger partial charge in [-0.2, -0.15) is 5.26 Å². The first-order chi connectivity index (χ1) is 6.06. The number of nitrogens with zero attached hydrogens (tertiary/aromatic N) is 1. The van der Waals surface area contributed by atoms with Crippen molar-refractivity contribution in [3.05, 3.63) is 32.4 Å². The van der Waals surface area contributed by atoms with E-state index >= 15 is 0 Å². The topological polar surface area (TPSA) is 40.9 Å². The maximum atomic E-state index is 10.8. The van der Waals surface area contributed by atoms with Crippen LogP contribution in [0.25, 0.3) is 0 Å². The number of rotatable bonds is 1. The highest BCUT2D eigenvalue weighted by Gasteiger charge is 2.08. The first-order valence-corrected chi connectivity index (χ1v) is 4.92. The van der Waals surface area contributed by atoms with Gasteiger partial charge in [-0.1, -0.05) is 0 Å². The second-order valence-corrected chi connectivity index (χ2v) is 4.02. The Hall–Kier alpha value is -0.600. The zero-order chi connectivity index (χ0) is 10.0. The number of carbonyl (C=O) groups is 1. The van der Waals surface area contributed by atoms with Crippen LogP contribution in [0.2, 0.25) is 0 Å². The molecule has 2 nitrogen and oxygen atoms in total. The number of hydrogen-bond acceptors (Lipinski definition) is 2. The van der Waals surface area contributed by atoms with Crippen molar-refractivity contribution in [1.29, 1.82) is 5.26 Å². The Morgan fingerprint density at radius 1 is 1.62 bits per heavy atom. The fourth-order valence-corrected chi connectivity index (χ4v) is 1.64. The maximum Gasteiger partial charge on any atom is 0.252 e. The van der Waals surface area contributed by atoms with Crippen LogP contribution in [0.5, 0.6) is 0 Å². The summed E-state index contributed by atoms with van der Waals surface area (Å²) in [4.78, 5) is 10.8. The Labute approximate surface area is 94.6 Å². The minimum atomic E-state index is -0.533. The molecule has 0 fully saturated rings. The van der Waals surface area contributed by atoms with Gasteiger partial charge in [-0.25, -0.2) is 0 Å². The van der Waals surface area contributed by atoms with Gasteiger partial charge in [-0.05, 0) is 58.8 Å². The molecule has 0 aromatic heterocycles. The fraction of sp³-hybridized carbons (Fsp3) is 0.111. The summed E-state index contributed by atoms with van der Waals surface area (Å²) < 4.78 is 0.876. The highest BCUT2D eigenvalue weighted by molar-refractivity contribution is 14.1. The Balaban J connectivity index is 3.41. The Morgan fingerprint density at radius 2 is 2.23 bits per heavy atom. The van der Waals surface area contributed by atoms with Gasteiger partial charge in [-0.15, -0.1) is 0 Å². The quantitative estimate of drug-likeness (QED) is 0.591. The lowest BCUT2D eigenvalue weighted by Gasteiger charge is -2.02. The minimum Gasteiger partial charge on any atom is -0.276 e. The molecule has 1 rings (SSSR count). The largest absolute Gasteiger partial charge is 0.276 e.